The fourth-order valence-electron chi connectivity index (χ4n) is 1.41. The number of halogens is 2. The highest BCUT2D eigenvalue weighted by Crippen LogP contribution is 2.23. The van der Waals surface area contributed by atoms with Crippen LogP contribution in [0, 0.1) is 11.3 Å². The molecule has 5 nitrogen and oxygen atoms in total. The first-order valence-corrected chi connectivity index (χ1v) is 6.33. The Hall–Kier alpha value is -1.65. The molecule has 0 fully saturated rings. The van der Waals surface area contributed by atoms with E-state index in [-0.39, 0.29) is 5.56 Å². The number of nitriles is 1. The largest absolute Gasteiger partial charge is 0.333 e. The molecule has 0 saturated carbocycles. The van der Waals surface area contributed by atoms with Crippen LogP contribution < -0.4 is 11.2 Å². The van der Waals surface area contributed by atoms with Crippen LogP contribution in [0.2, 0.25) is 0 Å². The number of H-pyrrole nitrogens is 1. The Morgan fingerprint density at radius 2 is 2.00 bits per heavy atom. The zero-order valence-electron chi connectivity index (χ0n) is 8.78. The molecule has 1 aromatic carbocycles. The van der Waals surface area contributed by atoms with Crippen molar-refractivity contribution in [1.29, 1.82) is 5.26 Å². The average molecular weight is 371 g/mol. The second kappa shape index (κ2) is 4.92. The molecule has 0 bridgehead atoms. The van der Waals surface area contributed by atoms with Crippen molar-refractivity contribution in [2.45, 2.75) is 0 Å². The summed E-state index contributed by atoms with van der Waals surface area (Å²) >= 11 is 6.62. The monoisotopic (exact) mass is 369 g/mol. The van der Waals surface area contributed by atoms with E-state index >= 15 is 0 Å². The van der Waals surface area contributed by atoms with Crippen LogP contribution in [0.15, 0.2) is 42.9 Å². The first-order chi connectivity index (χ1) is 8.52. The van der Waals surface area contributed by atoms with Gasteiger partial charge in [0.1, 0.15) is 11.6 Å². The highest BCUT2D eigenvalue weighted by atomic mass is 79.9. The molecule has 0 amide bonds. The number of aromatic amines is 1. The molecule has 90 valence electrons. The normalized spacial score (nSPS) is 10.1. The number of nitrogens with one attached hydrogen (secondary N) is 1. The van der Waals surface area contributed by atoms with Gasteiger partial charge in [-0.1, -0.05) is 15.9 Å². The maximum absolute atomic E-state index is 11.7. The van der Waals surface area contributed by atoms with E-state index in [0.29, 0.717) is 10.2 Å². The summed E-state index contributed by atoms with van der Waals surface area (Å²) in [6.07, 6.45) is 1.22. The van der Waals surface area contributed by atoms with E-state index in [2.05, 4.69) is 36.8 Å². The van der Waals surface area contributed by atoms with E-state index in [4.69, 9.17) is 5.26 Å². The minimum atomic E-state index is -0.688. The lowest BCUT2D eigenvalue weighted by atomic mass is 10.3. The van der Waals surface area contributed by atoms with Crippen molar-refractivity contribution >= 4 is 31.9 Å². The van der Waals surface area contributed by atoms with Gasteiger partial charge in [0, 0.05) is 15.1 Å². The van der Waals surface area contributed by atoms with Crippen LogP contribution in [0.25, 0.3) is 5.69 Å². The third-order valence-corrected chi connectivity index (χ3v) is 3.36. The molecule has 1 aromatic heterocycles. The molecule has 0 spiro atoms. The summed E-state index contributed by atoms with van der Waals surface area (Å²) in [5.74, 6) is 0. The fourth-order valence-corrected chi connectivity index (χ4v) is 2.64. The second-order valence-electron chi connectivity index (χ2n) is 3.38. The maximum atomic E-state index is 11.7. The molecule has 7 heteroatoms. The van der Waals surface area contributed by atoms with E-state index in [1.165, 1.54) is 10.8 Å². The Balaban J connectivity index is 2.76. The molecule has 0 radical (unpaired) electrons. The van der Waals surface area contributed by atoms with Crippen LogP contribution in [-0.2, 0) is 0 Å². The number of nitrogens with zero attached hydrogens (tertiary/aromatic N) is 2. The summed E-state index contributed by atoms with van der Waals surface area (Å²) < 4.78 is 2.71. The minimum Gasteiger partial charge on any atom is -0.273 e. The van der Waals surface area contributed by atoms with Crippen molar-refractivity contribution in [3.8, 4) is 11.8 Å². The van der Waals surface area contributed by atoms with Crippen LogP contribution in [0.1, 0.15) is 5.56 Å². The standard InChI is InChI=1S/C11H5Br2N3O2/c12-7-1-2-9(8(13)3-7)16-5-6(4-14)10(17)15-11(16)18/h1-3,5H,(H,15,17,18). The van der Waals surface area contributed by atoms with Gasteiger partial charge in [-0.05, 0) is 34.1 Å². The summed E-state index contributed by atoms with van der Waals surface area (Å²) in [5.41, 5.74) is -0.866. The van der Waals surface area contributed by atoms with Crippen molar-refractivity contribution in [2.24, 2.45) is 0 Å². The van der Waals surface area contributed by atoms with Crippen molar-refractivity contribution in [1.82, 2.24) is 9.55 Å². The van der Waals surface area contributed by atoms with E-state index < -0.39 is 11.2 Å². The first-order valence-electron chi connectivity index (χ1n) is 4.74. The average Bonchev–Trinajstić information content (AvgIpc) is 2.30. The molecule has 2 aromatic rings. The Morgan fingerprint density at radius 1 is 1.28 bits per heavy atom. The van der Waals surface area contributed by atoms with Gasteiger partial charge in [-0.2, -0.15) is 5.26 Å². The van der Waals surface area contributed by atoms with Gasteiger partial charge in [0.25, 0.3) is 5.56 Å². The summed E-state index contributed by atoms with van der Waals surface area (Å²) in [6, 6.07) is 6.94. The molecule has 0 atom stereocenters. The van der Waals surface area contributed by atoms with Gasteiger partial charge in [-0.15, -0.1) is 0 Å². The Labute approximate surface area is 118 Å². The molecular weight excluding hydrogens is 366 g/mol. The summed E-state index contributed by atoms with van der Waals surface area (Å²) in [5, 5.41) is 8.79. The molecule has 2 rings (SSSR count). The predicted octanol–water partition coefficient (Wildman–Crippen LogP) is 1.92. The number of hydrogen-bond acceptors (Lipinski definition) is 3. The summed E-state index contributed by atoms with van der Waals surface area (Å²) in [4.78, 5) is 25.1. The third-order valence-electron chi connectivity index (χ3n) is 2.23. The lowest BCUT2D eigenvalue weighted by Crippen LogP contribution is -2.30. The molecule has 1 heterocycles. The molecule has 0 aliphatic heterocycles. The van der Waals surface area contributed by atoms with Crippen LogP contribution in [0.3, 0.4) is 0 Å². The van der Waals surface area contributed by atoms with E-state index in [1.807, 2.05) is 0 Å². The molecule has 18 heavy (non-hydrogen) atoms. The van der Waals surface area contributed by atoms with Crippen LogP contribution in [0.5, 0.6) is 0 Å². The lowest BCUT2D eigenvalue weighted by molar-refractivity contribution is 0.885. The van der Waals surface area contributed by atoms with Crippen LogP contribution in [-0.4, -0.2) is 9.55 Å². The molecule has 0 aliphatic carbocycles. The highest BCUT2D eigenvalue weighted by Gasteiger charge is 2.08. The fraction of sp³-hybridized carbons (Fsp3) is 0. The molecular formula is C11H5Br2N3O2. The maximum Gasteiger partial charge on any atom is 0.333 e. The van der Waals surface area contributed by atoms with Gasteiger partial charge in [0.2, 0.25) is 0 Å². The van der Waals surface area contributed by atoms with Crippen molar-refractivity contribution in [2.75, 3.05) is 0 Å². The zero-order chi connectivity index (χ0) is 13.3. The first kappa shape index (κ1) is 12.8. The molecule has 1 N–H and O–H groups in total. The highest BCUT2D eigenvalue weighted by molar-refractivity contribution is 9.11. The predicted molar refractivity (Wildman–Crippen MR) is 72.8 cm³/mol. The van der Waals surface area contributed by atoms with Gasteiger partial charge in [0.15, 0.2) is 0 Å². The number of aromatic nitrogens is 2. The van der Waals surface area contributed by atoms with Crippen molar-refractivity contribution in [3.05, 3.63) is 59.7 Å². The quantitative estimate of drug-likeness (QED) is 0.832. The summed E-state index contributed by atoms with van der Waals surface area (Å²) in [7, 11) is 0. The minimum absolute atomic E-state index is 0.121. The zero-order valence-corrected chi connectivity index (χ0v) is 11.9. The Bertz CT molecular complexity index is 771. The topological polar surface area (TPSA) is 78.7 Å². The molecule has 0 unspecified atom stereocenters. The summed E-state index contributed by atoms with van der Waals surface area (Å²) in [6.45, 7) is 0. The number of benzene rings is 1. The third kappa shape index (κ3) is 2.30. The smallest absolute Gasteiger partial charge is 0.273 e. The Morgan fingerprint density at radius 3 is 2.61 bits per heavy atom. The SMILES string of the molecule is N#Cc1cn(-c2ccc(Br)cc2Br)c(=O)[nH]c1=O. The van der Waals surface area contributed by atoms with E-state index in [0.717, 1.165) is 4.47 Å². The van der Waals surface area contributed by atoms with E-state index in [1.54, 1.807) is 24.3 Å². The van der Waals surface area contributed by atoms with Gasteiger partial charge >= 0.3 is 5.69 Å². The second-order valence-corrected chi connectivity index (χ2v) is 5.15. The van der Waals surface area contributed by atoms with Crippen LogP contribution in [0.4, 0.5) is 0 Å². The molecule has 0 aliphatic rings. The van der Waals surface area contributed by atoms with Crippen LogP contribution >= 0.6 is 31.9 Å². The molecule has 0 saturated heterocycles. The van der Waals surface area contributed by atoms with Gasteiger partial charge in [0.05, 0.1) is 5.69 Å². The lowest BCUT2D eigenvalue weighted by Gasteiger charge is -2.07. The number of hydrogen-bond donors (Lipinski definition) is 1. The van der Waals surface area contributed by atoms with Crippen molar-refractivity contribution < 1.29 is 0 Å². The number of rotatable bonds is 1. The van der Waals surface area contributed by atoms with Gasteiger partial charge in [-0.25, -0.2) is 4.79 Å². The van der Waals surface area contributed by atoms with Gasteiger partial charge in [-0.3, -0.25) is 14.3 Å². The van der Waals surface area contributed by atoms with E-state index in [9.17, 15) is 9.59 Å². The Kier molecular flexibility index (Phi) is 3.50. The van der Waals surface area contributed by atoms with Crippen molar-refractivity contribution in [3.63, 3.8) is 0 Å². The van der Waals surface area contributed by atoms with Gasteiger partial charge < -0.3 is 0 Å².